The highest BCUT2D eigenvalue weighted by Crippen LogP contribution is 2.40. The van der Waals surface area contributed by atoms with Crippen LogP contribution in [0.5, 0.6) is 0 Å². The first kappa shape index (κ1) is 17.8. The number of hydrazine groups is 1. The molecule has 0 aromatic heterocycles. The van der Waals surface area contributed by atoms with Gasteiger partial charge in [0.2, 0.25) is 0 Å². The molecule has 10 nitrogen and oxygen atoms in total. The number of piperidine rings is 1. The van der Waals surface area contributed by atoms with E-state index in [4.69, 9.17) is 4.55 Å². The summed E-state index contributed by atoms with van der Waals surface area (Å²) < 4.78 is 62.2. The molecule has 13 heteroatoms. The van der Waals surface area contributed by atoms with Crippen molar-refractivity contribution < 1.29 is 35.6 Å². The van der Waals surface area contributed by atoms with Crippen LogP contribution in [0.1, 0.15) is 20.3 Å². The number of hydrogen-bond acceptors (Lipinski definition) is 6. The smallest absolute Gasteiger partial charge is 0.308 e. The monoisotopic (exact) mass is 358 g/mol. The summed E-state index contributed by atoms with van der Waals surface area (Å²) >= 11 is 0. The highest BCUT2D eigenvalue weighted by atomic mass is 32.3. The lowest BCUT2D eigenvalue weighted by molar-refractivity contribution is -0.154. The van der Waals surface area contributed by atoms with Crippen LogP contribution >= 0.6 is 0 Å². The van der Waals surface area contributed by atoms with Crippen LogP contribution in [-0.2, 0) is 19.5 Å². The van der Waals surface area contributed by atoms with E-state index >= 15 is 0 Å². The normalized spacial score (nSPS) is 26.8. The standard InChI is InChI=1S/C10H16F2N4O6S/c1-5(2)13-14-8(17)6-3-10(11,12)7-4-15(6)9(18)16(7)22-23(19,20)21/h5-7,13H,3-4H2,1-2H3,(H,14,17)(H,19,20,21)/t6-,7-/m0/s1. The second-order valence-electron chi connectivity index (χ2n) is 5.55. The average molecular weight is 358 g/mol. The van der Waals surface area contributed by atoms with E-state index in [1.807, 2.05) is 0 Å². The van der Waals surface area contributed by atoms with Crippen LogP contribution in [-0.4, -0.2) is 65.5 Å². The summed E-state index contributed by atoms with van der Waals surface area (Å²) in [4.78, 5) is 24.8. The highest BCUT2D eigenvalue weighted by Gasteiger charge is 2.62. The minimum atomic E-state index is -5.16. The molecule has 0 aromatic carbocycles. The topological polar surface area (TPSA) is 128 Å². The van der Waals surface area contributed by atoms with E-state index in [1.165, 1.54) is 0 Å². The Morgan fingerprint density at radius 1 is 1.48 bits per heavy atom. The van der Waals surface area contributed by atoms with E-state index in [9.17, 15) is 26.8 Å². The Kier molecular flexibility index (Phi) is 4.49. The molecule has 0 aliphatic carbocycles. The van der Waals surface area contributed by atoms with E-state index in [0.717, 1.165) is 4.90 Å². The molecule has 2 heterocycles. The van der Waals surface area contributed by atoms with E-state index < -0.39 is 53.3 Å². The Hall–Kier alpha value is -1.57. The molecule has 132 valence electrons. The Bertz CT molecular complexity index is 612. The van der Waals surface area contributed by atoms with Crippen molar-refractivity contribution in [3.05, 3.63) is 0 Å². The number of amides is 3. The van der Waals surface area contributed by atoms with Crippen molar-refractivity contribution >= 4 is 22.3 Å². The number of urea groups is 1. The molecule has 2 atom stereocenters. The van der Waals surface area contributed by atoms with Crippen molar-refractivity contribution in [1.82, 2.24) is 20.8 Å². The van der Waals surface area contributed by atoms with Gasteiger partial charge in [0.1, 0.15) is 12.1 Å². The van der Waals surface area contributed by atoms with Gasteiger partial charge in [-0.25, -0.2) is 19.0 Å². The number of hydrogen-bond donors (Lipinski definition) is 3. The summed E-state index contributed by atoms with van der Waals surface area (Å²) in [7, 11) is -5.16. The molecule has 2 aliphatic rings. The largest absolute Gasteiger partial charge is 0.418 e. The number of nitrogens with one attached hydrogen (secondary N) is 2. The van der Waals surface area contributed by atoms with Crippen LogP contribution in [0.2, 0.25) is 0 Å². The zero-order valence-electron chi connectivity index (χ0n) is 12.2. The maximum atomic E-state index is 14.1. The van der Waals surface area contributed by atoms with E-state index in [-0.39, 0.29) is 11.1 Å². The van der Waals surface area contributed by atoms with Crippen LogP contribution in [0.25, 0.3) is 0 Å². The molecular formula is C10H16F2N4O6S. The summed E-state index contributed by atoms with van der Waals surface area (Å²) in [5.74, 6) is -4.44. The zero-order valence-corrected chi connectivity index (χ0v) is 13.0. The van der Waals surface area contributed by atoms with Crippen molar-refractivity contribution in [3.63, 3.8) is 0 Å². The van der Waals surface area contributed by atoms with Gasteiger partial charge < -0.3 is 4.90 Å². The maximum Gasteiger partial charge on any atom is 0.418 e. The molecule has 3 amide bonds. The molecular weight excluding hydrogens is 342 g/mol. The Balaban J connectivity index is 2.22. The Labute approximate surface area is 130 Å². The lowest BCUT2D eigenvalue weighted by Crippen LogP contribution is -2.58. The van der Waals surface area contributed by atoms with Gasteiger partial charge in [-0.2, -0.15) is 13.5 Å². The number of halogens is 2. The zero-order chi connectivity index (χ0) is 17.6. The van der Waals surface area contributed by atoms with Gasteiger partial charge in [0, 0.05) is 12.5 Å². The minimum Gasteiger partial charge on any atom is -0.308 e. The fourth-order valence-electron chi connectivity index (χ4n) is 2.39. The third kappa shape index (κ3) is 3.68. The van der Waals surface area contributed by atoms with Crippen LogP contribution in [0.15, 0.2) is 0 Å². The fraction of sp³-hybridized carbons (Fsp3) is 0.800. The van der Waals surface area contributed by atoms with Crippen LogP contribution in [0.4, 0.5) is 13.6 Å². The van der Waals surface area contributed by atoms with Crippen molar-refractivity contribution in [3.8, 4) is 0 Å². The second-order valence-corrected chi connectivity index (χ2v) is 6.55. The second kappa shape index (κ2) is 5.81. The van der Waals surface area contributed by atoms with Crippen molar-refractivity contribution in [2.45, 2.75) is 44.3 Å². The highest BCUT2D eigenvalue weighted by molar-refractivity contribution is 7.80. The summed E-state index contributed by atoms with van der Waals surface area (Å²) in [6.07, 6.45) is -1.000. The fourth-order valence-corrected chi connectivity index (χ4v) is 2.76. The lowest BCUT2D eigenvalue weighted by atomic mass is 9.96. The molecule has 2 rings (SSSR count). The van der Waals surface area contributed by atoms with Crippen LogP contribution < -0.4 is 10.9 Å². The molecule has 2 fully saturated rings. The quantitative estimate of drug-likeness (QED) is 0.436. The number of rotatable bonds is 5. The van der Waals surface area contributed by atoms with E-state index in [0.29, 0.717) is 0 Å². The van der Waals surface area contributed by atoms with Crippen LogP contribution in [0.3, 0.4) is 0 Å². The Morgan fingerprint density at radius 2 is 2.09 bits per heavy atom. The summed E-state index contributed by atoms with van der Waals surface area (Å²) in [6, 6.07) is -4.83. The molecule has 23 heavy (non-hydrogen) atoms. The van der Waals surface area contributed by atoms with E-state index in [1.54, 1.807) is 13.8 Å². The third-order valence-electron chi connectivity index (χ3n) is 3.38. The van der Waals surface area contributed by atoms with Crippen molar-refractivity contribution in [2.75, 3.05) is 6.54 Å². The molecule has 2 aliphatic heterocycles. The van der Waals surface area contributed by atoms with E-state index in [2.05, 4.69) is 15.1 Å². The van der Waals surface area contributed by atoms with Gasteiger partial charge in [-0.3, -0.25) is 14.8 Å². The number of carbonyl (C=O) groups excluding carboxylic acids is 2. The number of hydroxylamine groups is 2. The van der Waals surface area contributed by atoms with Gasteiger partial charge >= 0.3 is 16.4 Å². The SMILES string of the molecule is CC(C)NNC(=O)[C@@H]1CC(F)(F)[C@@H]2CN1C(=O)N2OS(=O)(=O)O. The maximum absolute atomic E-state index is 14.1. The first-order chi connectivity index (χ1) is 10.4. The number of nitrogens with zero attached hydrogens (tertiary/aromatic N) is 2. The molecule has 2 saturated heterocycles. The minimum absolute atomic E-state index is 0.113. The van der Waals surface area contributed by atoms with Gasteiger partial charge in [-0.1, -0.05) is 0 Å². The molecule has 0 unspecified atom stereocenters. The molecule has 0 aromatic rings. The summed E-state index contributed by atoms with van der Waals surface area (Å²) in [6.45, 7) is 2.80. The van der Waals surface area contributed by atoms with Gasteiger partial charge in [0.15, 0.2) is 0 Å². The van der Waals surface area contributed by atoms with Crippen LogP contribution in [0, 0.1) is 0 Å². The average Bonchev–Trinajstić information content (AvgIpc) is 2.66. The third-order valence-corrected chi connectivity index (χ3v) is 3.73. The number of fused-ring (bicyclic) bond motifs is 2. The predicted molar refractivity (Wildman–Crippen MR) is 70.1 cm³/mol. The van der Waals surface area contributed by atoms with Crippen molar-refractivity contribution in [2.24, 2.45) is 0 Å². The van der Waals surface area contributed by atoms with Crippen molar-refractivity contribution in [1.29, 1.82) is 0 Å². The predicted octanol–water partition coefficient (Wildman–Crippen LogP) is -0.736. The number of carbonyl (C=O) groups is 2. The Morgan fingerprint density at radius 3 is 2.61 bits per heavy atom. The lowest BCUT2D eigenvalue weighted by Gasteiger charge is -2.35. The number of alkyl halides is 2. The molecule has 0 spiro atoms. The molecule has 0 radical (unpaired) electrons. The summed E-state index contributed by atoms with van der Waals surface area (Å²) in [5.41, 5.74) is 4.74. The first-order valence-corrected chi connectivity index (χ1v) is 7.99. The van der Waals surface area contributed by atoms with Gasteiger partial charge in [-0.05, 0) is 13.8 Å². The van der Waals surface area contributed by atoms with Gasteiger partial charge in [0.25, 0.3) is 11.8 Å². The van der Waals surface area contributed by atoms with Gasteiger partial charge in [-0.15, -0.1) is 4.28 Å². The molecule has 3 N–H and O–H groups in total. The first-order valence-electron chi connectivity index (χ1n) is 6.62. The molecule has 0 saturated carbocycles. The summed E-state index contributed by atoms with van der Waals surface area (Å²) in [5, 5.41) is -0.113. The van der Waals surface area contributed by atoms with Gasteiger partial charge in [0.05, 0.1) is 6.54 Å². The molecule has 2 bridgehead atoms.